The van der Waals surface area contributed by atoms with Gasteiger partial charge < -0.3 is 26.0 Å². The van der Waals surface area contributed by atoms with Gasteiger partial charge in [-0.15, -0.1) is 0 Å². The number of nitrogens with two attached hydrogens (primary N) is 1. The highest BCUT2D eigenvalue weighted by molar-refractivity contribution is 8.77. The van der Waals surface area contributed by atoms with Crippen LogP contribution in [0.5, 0.6) is 0 Å². The summed E-state index contributed by atoms with van der Waals surface area (Å²) in [6.45, 7) is -0.857. The fourth-order valence-electron chi connectivity index (χ4n) is 2.41. The highest BCUT2D eigenvalue weighted by atomic mass is 33.1. The van der Waals surface area contributed by atoms with Gasteiger partial charge in [-0.2, -0.15) is 0 Å². The van der Waals surface area contributed by atoms with Crippen LogP contribution in [0.2, 0.25) is 0 Å². The highest BCUT2D eigenvalue weighted by Crippen LogP contribution is 2.39. The Labute approximate surface area is 188 Å². The summed E-state index contributed by atoms with van der Waals surface area (Å²) in [6.07, 6.45) is 3.65. The first-order valence-electron chi connectivity index (χ1n) is 9.89. The normalized spacial score (nSPS) is 14.9. The smallest absolute Gasteiger partial charge is 0.421 e. The number of carbonyl (C=O) groups excluding carboxylic acids is 5. The van der Waals surface area contributed by atoms with Crippen LogP contribution in [-0.2, 0) is 23.9 Å². The van der Waals surface area contributed by atoms with Crippen molar-refractivity contribution in [3.05, 3.63) is 0 Å². The fourth-order valence-corrected chi connectivity index (χ4v) is 5.44. The van der Waals surface area contributed by atoms with Gasteiger partial charge in [0, 0.05) is 17.4 Å². The number of ether oxygens (including phenoxy) is 1. The van der Waals surface area contributed by atoms with Crippen molar-refractivity contribution >= 4 is 51.3 Å². The quantitative estimate of drug-likeness (QED) is 0.0585. The molecule has 1 aliphatic heterocycles. The van der Waals surface area contributed by atoms with E-state index < -0.39 is 23.8 Å². The fraction of sp³-hybridized carbons (Fsp3) is 0.706. The van der Waals surface area contributed by atoms with E-state index in [0.717, 1.165) is 19.3 Å². The molecule has 0 radical (unpaired) electrons. The first-order chi connectivity index (χ1) is 14.9. The summed E-state index contributed by atoms with van der Waals surface area (Å²) >= 11 is 0. The lowest BCUT2D eigenvalue weighted by Crippen LogP contribution is -2.44. The third-order valence-corrected chi connectivity index (χ3v) is 7.03. The number of amides is 5. The van der Waals surface area contributed by atoms with Gasteiger partial charge >= 0.3 is 6.09 Å². The van der Waals surface area contributed by atoms with E-state index >= 15 is 0 Å². The van der Waals surface area contributed by atoms with Crippen molar-refractivity contribution in [2.24, 2.45) is 5.84 Å². The number of rotatable bonds is 14. The first-order valence-corrected chi connectivity index (χ1v) is 12.3. The Balaban J connectivity index is 1.98. The van der Waals surface area contributed by atoms with Crippen LogP contribution in [0.25, 0.3) is 0 Å². The van der Waals surface area contributed by atoms with Crippen molar-refractivity contribution in [2.45, 2.75) is 37.4 Å². The Hall–Kier alpha value is -2.19. The second-order valence-corrected chi connectivity index (χ2v) is 9.32. The van der Waals surface area contributed by atoms with Gasteiger partial charge in [0.1, 0.15) is 6.61 Å². The Morgan fingerprint density at radius 1 is 0.871 bits per heavy atom. The summed E-state index contributed by atoms with van der Waals surface area (Å²) in [6, 6.07) is 0. The van der Waals surface area contributed by atoms with Crippen LogP contribution in [0.15, 0.2) is 0 Å². The zero-order chi connectivity index (χ0) is 22.9. The van der Waals surface area contributed by atoms with E-state index in [4.69, 9.17) is 5.84 Å². The van der Waals surface area contributed by atoms with Crippen molar-refractivity contribution < 1.29 is 28.7 Å². The van der Waals surface area contributed by atoms with Crippen molar-refractivity contribution in [3.63, 3.8) is 0 Å². The van der Waals surface area contributed by atoms with E-state index in [1.807, 2.05) is 21.6 Å². The van der Waals surface area contributed by atoms with Gasteiger partial charge in [-0.25, -0.2) is 10.6 Å². The number of hydrazine groups is 1. The molecular weight excluding hydrogens is 448 g/mol. The summed E-state index contributed by atoms with van der Waals surface area (Å²) in [4.78, 5) is 57.3. The lowest BCUT2D eigenvalue weighted by molar-refractivity contribution is -0.128. The second kappa shape index (κ2) is 16.5. The number of hydrogen-bond acceptors (Lipinski definition) is 9. The van der Waals surface area contributed by atoms with Crippen LogP contribution in [0, 0.1) is 0 Å². The predicted molar refractivity (Wildman–Crippen MR) is 118 cm³/mol. The minimum atomic E-state index is -0.827. The molecule has 1 heterocycles. The van der Waals surface area contributed by atoms with E-state index in [1.54, 1.807) is 5.43 Å². The van der Waals surface area contributed by atoms with Gasteiger partial charge in [-0.05, 0) is 19.3 Å². The van der Waals surface area contributed by atoms with Crippen molar-refractivity contribution in [1.29, 1.82) is 0 Å². The van der Waals surface area contributed by atoms with Crippen LogP contribution in [0.4, 0.5) is 4.79 Å². The maximum atomic E-state index is 11.8. The van der Waals surface area contributed by atoms with Gasteiger partial charge in [0.15, 0.2) is 0 Å². The molecule has 7 N–H and O–H groups in total. The molecule has 0 aromatic heterocycles. The SMILES string of the molecule is NNC(=O)OCCNC(=O)CNC(=O)CNC(=O)CNC(=O)CCCCC1CCSS1. The maximum Gasteiger partial charge on any atom is 0.421 e. The van der Waals surface area contributed by atoms with Crippen LogP contribution in [0.3, 0.4) is 0 Å². The number of unbranched alkanes of at least 4 members (excludes halogenated alkanes) is 1. The molecule has 14 heteroatoms. The standard InChI is InChI=1S/C17H30N6O6S2/c18-23-17(28)29-7-6-19-14(25)9-21-16(27)11-22-15(26)10-20-13(24)4-2-1-3-12-5-8-30-31-12/h12H,1-11,18H2,(H,19,25)(H,20,24)(H,21,27)(H,22,26)(H,23,28). The number of hydrogen-bond donors (Lipinski definition) is 6. The Bertz CT molecular complexity index is 618. The molecule has 1 rings (SSSR count). The Morgan fingerprint density at radius 3 is 2.06 bits per heavy atom. The summed E-state index contributed by atoms with van der Waals surface area (Å²) in [7, 11) is 3.82. The minimum Gasteiger partial charge on any atom is -0.447 e. The molecule has 0 aliphatic carbocycles. The summed E-state index contributed by atoms with van der Waals surface area (Å²) in [5.41, 5.74) is 1.76. The summed E-state index contributed by atoms with van der Waals surface area (Å²) < 4.78 is 4.56. The zero-order valence-corrected chi connectivity index (χ0v) is 18.8. The van der Waals surface area contributed by atoms with Gasteiger partial charge in [0.05, 0.1) is 26.2 Å². The van der Waals surface area contributed by atoms with Crippen LogP contribution in [0.1, 0.15) is 32.1 Å². The third-order valence-electron chi connectivity index (χ3n) is 4.02. The third kappa shape index (κ3) is 14.4. The Morgan fingerprint density at radius 2 is 1.48 bits per heavy atom. The van der Waals surface area contributed by atoms with E-state index in [1.165, 1.54) is 12.2 Å². The average Bonchev–Trinajstić information content (AvgIpc) is 3.28. The molecular formula is C17H30N6O6S2. The minimum absolute atomic E-state index is 0.0527. The van der Waals surface area contributed by atoms with Crippen molar-refractivity contribution in [3.8, 4) is 0 Å². The number of carbonyl (C=O) groups is 5. The molecule has 1 saturated heterocycles. The van der Waals surface area contributed by atoms with Crippen molar-refractivity contribution in [1.82, 2.24) is 26.7 Å². The zero-order valence-electron chi connectivity index (χ0n) is 17.2. The van der Waals surface area contributed by atoms with Crippen LogP contribution < -0.4 is 32.5 Å². The van der Waals surface area contributed by atoms with Crippen LogP contribution >= 0.6 is 21.6 Å². The van der Waals surface area contributed by atoms with Gasteiger partial charge in [-0.3, -0.25) is 24.6 Å². The molecule has 176 valence electrons. The molecule has 31 heavy (non-hydrogen) atoms. The number of nitrogens with one attached hydrogen (secondary N) is 5. The monoisotopic (exact) mass is 478 g/mol. The summed E-state index contributed by atoms with van der Waals surface area (Å²) in [5, 5.41) is 10.3. The van der Waals surface area contributed by atoms with E-state index in [-0.39, 0.29) is 38.7 Å². The van der Waals surface area contributed by atoms with Crippen LogP contribution in [-0.4, -0.2) is 73.5 Å². The van der Waals surface area contributed by atoms with Gasteiger partial charge in [-0.1, -0.05) is 28.0 Å². The molecule has 0 aromatic carbocycles. The lowest BCUT2D eigenvalue weighted by Gasteiger charge is -2.09. The van der Waals surface area contributed by atoms with E-state index in [0.29, 0.717) is 11.7 Å². The molecule has 0 bridgehead atoms. The first kappa shape index (κ1) is 26.8. The molecule has 0 aromatic rings. The molecule has 5 amide bonds. The second-order valence-electron chi connectivity index (χ2n) is 6.54. The van der Waals surface area contributed by atoms with E-state index in [9.17, 15) is 24.0 Å². The average molecular weight is 479 g/mol. The van der Waals surface area contributed by atoms with Crippen molar-refractivity contribution in [2.75, 3.05) is 38.5 Å². The topological polar surface area (TPSA) is 181 Å². The van der Waals surface area contributed by atoms with Gasteiger partial charge in [0.2, 0.25) is 23.6 Å². The lowest BCUT2D eigenvalue weighted by atomic mass is 10.1. The maximum absolute atomic E-state index is 11.8. The molecule has 1 fully saturated rings. The summed E-state index contributed by atoms with van der Waals surface area (Å²) in [5.74, 6) is 4.26. The van der Waals surface area contributed by atoms with E-state index in [2.05, 4.69) is 26.0 Å². The molecule has 1 aliphatic rings. The largest absolute Gasteiger partial charge is 0.447 e. The predicted octanol–water partition coefficient (Wildman–Crippen LogP) is -1.23. The molecule has 0 spiro atoms. The highest BCUT2D eigenvalue weighted by Gasteiger charge is 2.16. The van der Waals surface area contributed by atoms with Gasteiger partial charge in [0.25, 0.3) is 0 Å². The molecule has 0 saturated carbocycles. The molecule has 12 nitrogen and oxygen atoms in total. The Kier molecular flexibility index (Phi) is 14.3. The molecule has 1 unspecified atom stereocenters. The molecule has 1 atom stereocenters.